The lowest BCUT2D eigenvalue weighted by Crippen LogP contribution is -2.31. The van der Waals surface area contributed by atoms with Gasteiger partial charge in [0.1, 0.15) is 0 Å². The molecule has 4 aliphatic rings. The fraction of sp³-hybridized carbons (Fsp3) is 0.909. The van der Waals surface area contributed by atoms with Gasteiger partial charge in [0, 0.05) is 0 Å². The molecule has 3 aliphatic carbocycles. The molecule has 0 spiro atoms. The van der Waals surface area contributed by atoms with Crippen LogP contribution in [0, 0.1) is 17.8 Å². The minimum Gasteiger partial charge on any atom is -0.408 e. The second kappa shape index (κ2) is 9.08. The van der Waals surface area contributed by atoms with E-state index in [1.807, 2.05) is 0 Å². The third-order valence-electron chi connectivity index (χ3n) is 7.48. The SMILES string of the molecule is C1=C\CCCC(B2OCC(C3CCCC4CCCCC3C4)O2)CCC/1. The highest BCUT2D eigenvalue weighted by molar-refractivity contribution is 6.47. The van der Waals surface area contributed by atoms with E-state index >= 15 is 0 Å². The molecule has 1 heterocycles. The average molecular weight is 344 g/mol. The van der Waals surface area contributed by atoms with Crippen LogP contribution < -0.4 is 0 Å². The first-order valence-electron chi connectivity index (χ1n) is 11.3. The van der Waals surface area contributed by atoms with Crippen LogP contribution in [0.15, 0.2) is 12.2 Å². The van der Waals surface area contributed by atoms with Crippen molar-refractivity contribution in [1.82, 2.24) is 0 Å². The monoisotopic (exact) mass is 344 g/mol. The maximum atomic E-state index is 6.62. The molecule has 1 saturated heterocycles. The Morgan fingerprint density at radius 3 is 2.36 bits per heavy atom. The Hall–Kier alpha value is -0.275. The van der Waals surface area contributed by atoms with Crippen molar-refractivity contribution in [3.05, 3.63) is 12.2 Å². The van der Waals surface area contributed by atoms with E-state index in [1.54, 1.807) is 0 Å². The average Bonchev–Trinajstić information content (AvgIpc) is 2.95. The van der Waals surface area contributed by atoms with Crippen LogP contribution in [0.2, 0.25) is 5.82 Å². The van der Waals surface area contributed by atoms with Crippen LogP contribution in [0.1, 0.15) is 89.9 Å². The molecule has 0 aromatic heterocycles. The number of hydrogen-bond acceptors (Lipinski definition) is 2. The number of fused-ring (bicyclic) bond motifs is 2. The molecule has 140 valence electrons. The van der Waals surface area contributed by atoms with Gasteiger partial charge in [-0.05, 0) is 49.3 Å². The van der Waals surface area contributed by atoms with Crippen LogP contribution in [-0.2, 0) is 9.31 Å². The summed E-state index contributed by atoms with van der Waals surface area (Å²) in [6.07, 6.45) is 24.3. The summed E-state index contributed by atoms with van der Waals surface area (Å²) in [5.74, 6) is 3.31. The standard InChI is InChI=1S/C22H37BO2/c1-2-4-6-14-20(13-5-3-1)23-24-17-22(25-23)21-15-9-11-18-10-7-8-12-19(21)16-18/h1-2,18-22H,3-17H2/b2-1-. The van der Waals surface area contributed by atoms with Crippen molar-refractivity contribution in [2.45, 2.75) is 102 Å². The van der Waals surface area contributed by atoms with E-state index < -0.39 is 0 Å². The summed E-state index contributed by atoms with van der Waals surface area (Å²) in [5.41, 5.74) is 0. The summed E-state index contributed by atoms with van der Waals surface area (Å²) in [7, 11) is 0.0907. The molecule has 3 fully saturated rings. The van der Waals surface area contributed by atoms with E-state index in [2.05, 4.69) is 12.2 Å². The van der Waals surface area contributed by atoms with Crippen molar-refractivity contribution >= 4 is 7.12 Å². The van der Waals surface area contributed by atoms with Gasteiger partial charge in [0.25, 0.3) is 0 Å². The Morgan fingerprint density at radius 2 is 1.52 bits per heavy atom. The Labute approximate surface area is 155 Å². The van der Waals surface area contributed by atoms with E-state index in [1.165, 1.54) is 89.9 Å². The van der Waals surface area contributed by atoms with Gasteiger partial charge < -0.3 is 9.31 Å². The van der Waals surface area contributed by atoms with Gasteiger partial charge in [-0.3, -0.25) is 0 Å². The summed E-state index contributed by atoms with van der Waals surface area (Å²) in [6.45, 7) is 0.866. The Morgan fingerprint density at radius 1 is 0.760 bits per heavy atom. The molecule has 0 N–H and O–H groups in total. The molecule has 4 unspecified atom stereocenters. The van der Waals surface area contributed by atoms with Gasteiger partial charge in [-0.2, -0.15) is 0 Å². The largest absolute Gasteiger partial charge is 0.460 e. The van der Waals surface area contributed by atoms with Gasteiger partial charge in [-0.15, -0.1) is 0 Å². The number of hydrogen-bond donors (Lipinski definition) is 0. The molecule has 2 nitrogen and oxygen atoms in total. The molecule has 2 saturated carbocycles. The van der Waals surface area contributed by atoms with Crippen LogP contribution in [0.4, 0.5) is 0 Å². The van der Waals surface area contributed by atoms with Crippen LogP contribution in [0.5, 0.6) is 0 Å². The van der Waals surface area contributed by atoms with Gasteiger partial charge in [-0.1, -0.05) is 76.4 Å². The predicted octanol–water partition coefficient (Wildman–Crippen LogP) is 6.17. The van der Waals surface area contributed by atoms with E-state index in [4.69, 9.17) is 9.31 Å². The molecule has 0 amide bonds. The van der Waals surface area contributed by atoms with Crippen LogP contribution in [0.3, 0.4) is 0 Å². The molecule has 25 heavy (non-hydrogen) atoms. The molecule has 4 atom stereocenters. The fourth-order valence-corrected chi connectivity index (χ4v) is 6.08. The first-order valence-corrected chi connectivity index (χ1v) is 11.3. The van der Waals surface area contributed by atoms with Crippen molar-refractivity contribution < 1.29 is 9.31 Å². The topological polar surface area (TPSA) is 18.5 Å². The lowest BCUT2D eigenvalue weighted by Gasteiger charge is -2.30. The van der Waals surface area contributed by atoms with Crippen molar-refractivity contribution in [3.8, 4) is 0 Å². The molecular formula is C22H37BO2. The molecule has 0 aromatic rings. The van der Waals surface area contributed by atoms with E-state index in [-0.39, 0.29) is 7.12 Å². The van der Waals surface area contributed by atoms with Gasteiger partial charge in [-0.25, -0.2) is 0 Å². The van der Waals surface area contributed by atoms with Gasteiger partial charge in [0.15, 0.2) is 0 Å². The summed E-state index contributed by atoms with van der Waals surface area (Å²) in [4.78, 5) is 0. The van der Waals surface area contributed by atoms with Crippen molar-refractivity contribution in [2.24, 2.45) is 17.8 Å². The van der Waals surface area contributed by atoms with Crippen molar-refractivity contribution in [1.29, 1.82) is 0 Å². The van der Waals surface area contributed by atoms with Crippen LogP contribution >= 0.6 is 0 Å². The van der Waals surface area contributed by atoms with Crippen molar-refractivity contribution in [3.63, 3.8) is 0 Å². The summed E-state index contributed by atoms with van der Waals surface area (Å²) in [6, 6.07) is 0. The molecule has 1 aliphatic heterocycles. The smallest absolute Gasteiger partial charge is 0.408 e. The normalized spacial score (nSPS) is 39.8. The first kappa shape index (κ1) is 18.1. The lowest BCUT2D eigenvalue weighted by molar-refractivity contribution is 0.0993. The van der Waals surface area contributed by atoms with Crippen LogP contribution in [0.25, 0.3) is 0 Å². The Kier molecular flexibility index (Phi) is 6.58. The maximum Gasteiger partial charge on any atom is 0.460 e. The molecular weight excluding hydrogens is 307 g/mol. The fourth-order valence-electron chi connectivity index (χ4n) is 6.08. The minimum absolute atomic E-state index is 0.0907. The highest BCUT2D eigenvalue weighted by Gasteiger charge is 2.43. The second-order valence-corrected chi connectivity index (χ2v) is 9.21. The number of rotatable bonds is 2. The van der Waals surface area contributed by atoms with Gasteiger partial charge >= 0.3 is 7.12 Å². The minimum atomic E-state index is 0.0907. The summed E-state index contributed by atoms with van der Waals surface area (Å²) in [5, 5.41) is 0. The first-order chi connectivity index (χ1) is 12.4. The quantitative estimate of drug-likeness (QED) is 0.441. The summed E-state index contributed by atoms with van der Waals surface area (Å²) < 4.78 is 12.9. The zero-order valence-corrected chi connectivity index (χ0v) is 16.0. The highest BCUT2D eigenvalue weighted by atomic mass is 16.6. The highest BCUT2D eigenvalue weighted by Crippen LogP contribution is 2.44. The van der Waals surface area contributed by atoms with Crippen molar-refractivity contribution in [2.75, 3.05) is 6.61 Å². The third kappa shape index (κ3) is 4.72. The Bertz CT molecular complexity index is 426. The van der Waals surface area contributed by atoms with Gasteiger partial charge in [0.05, 0.1) is 12.7 Å². The van der Waals surface area contributed by atoms with Gasteiger partial charge in [0.2, 0.25) is 0 Å². The number of allylic oxidation sites excluding steroid dienone is 2. The zero-order valence-electron chi connectivity index (χ0n) is 16.0. The second-order valence-electron chi connectivity index (χ2n) is 9.21. The molecule has 0 radical (unpaired) electrons. The molecule has 3 heteroatoms. The Balaban J connectivity index is 1.35. The van der Waals surface area contributed by atoms with E-state index in [9.17, 15) is 0 Å². The summed E-state index contributed by atoms with van der Waals surface area (Å²) >= 11 is 0. The molecule has 4 rings (SSSR count). The molecule has 2 bridgehead atoms. The molecule has 0 aromatic carbocycles. The zero-order chi connectivity index (χ0) is 16.9. The van der Waals surface area contributed by atoms with E-state index in [0.717, 1.165) is 24.4 Å². The predicted molar refractivity (Wildman–Crippen MR) is 105 cm³/mol. The third-order valence-corrected chi connectivity index (χ3v) is 7.48. The van der Waals surface area contributed by atoms with E-state index in [0.29, 0.717) is 11.9 Å². The lowest BCUT2D eigenvalue weighted by atomic mass is 9.67. The van der Waals surface area contributed by atoms with Crippen LogP contribution in [-0.4, -0.2) is 19.8 Å². The maximum absolute atomic E-state index is 6.62.